The maximum atomic E-state index is 12.7. The number of halogens is 3. The fraction of sp³-hybridized carbons (Fsp3) is 0.692. The van der Waals surface area contributed by atoms with Gasteiger partial charge in [0.05, 0.1) is 0 Å². The lowest BCUT2D eigenvalue weighted by atomic mass is 9.98. The number of rotatable bonds is 6. The minimum atomic E-state index is -4.55. The summed E-state index contributed by atoms with van der Waals surface area (Å²) in [5.41, 5.74) is 0. The molecule has 1 atom stereocenters. The molecule has 0 aliphatic rings. The fourth-order valence-corrected chi connectivity index (χ4v) is 1.44. The lowest BCUT2D eigenvalue weighted by molar-refractivity contribution is -0.144. The van der Waals surface area contributed by atoms with Crippen molar-refractivity contribution >= 4 is 11.6 Å². The summed E-state index contributed by atoms with van der Waals surface area (Å²) < 4.78 is 38.2. The molecule has 7 heteroatoms. The molecule has 0 spiro atoms. The Hall–Kier alpha value is -1.53. The van der Waals surface area contributed by atoms with Crippen LogP contribution in [0.4, 0.5) is 24.8 Å². The van der Waals surface area contributed by atoms with Crippen LogP contribution < -0.4 is 10.6 Å². The van der Waals surface area contributed by atoms with E-state index in [0.717, 1.165) is 0 Å². The van der Waals surface area contributed by atoms with Gasteiger partial charge in [-0.3, -0.25) is 0 Å². The van der Waals surface area contributed by atoms with Crippen LogP contribution in [0.2, 0.25) is 0 Å². The summed E-state index contributed by atoms with van der Waals surface area (Å²) in [4.78, 5) is 7.00. The van der Waals surface area contributed by atoms with Crippen molar-refractivity contribution < 1.29 is 13.2 Å². The van der Waals surface area contributed by atoms with Crippen molar-refractivity contribution in [1.29, 1.82) is 0 Å². The Morgan fingerprint density at radius 2 is 1.65 bits per heavy atom. The molecular weight excluding hydrogens is 269 g/mol. The first-order valence-corrected chi connectivity index (χ1v) is 6.68. The van der Waals surface area contributed by atoms with Crippen LogP contribution >= 0.6 is 0 Å². The average Bonchev–Trinajstić information content (AvgIpc) is 2.35. The first kappa shape index (κ1) is 16.5. The molecule has 0 radical (unpaired) electrons. The van der Waals surface area contributed by atoms with E-state index >= 15 is 0 Å². The maximum absolute atomic E-state index is 12.7. The molecular formula is C13H21F3N4. The van der Waals surface area contributed by atoms with Gasteiger partial charge >= 0.3 is 6.18 Å². The third-order valence-electron chi connectivity index (χ3n) is 3.08. The Balaban J connectivity index is 2.91. The van der Waals surface area contributed by atoms with E-state index in [9.17, 15) is 13.2 Å². The standard InChI is InChI=1S/C13H21F3N4/c1-5-17-10-6-11(18-7-9(4)8(2)3)20-12(19-10)13(14,15)16/h6,8-9H,5,7H2,1-4H3,(H2,17,18,19,20). The first-order chi connectivity index (χ1) is 9.24. The zero-order chi connectivity index (χ0) is 15.3. The van der Waals surface area contributed by atoms with Gasteiger partial charge in [0, 0.05) is 19.2 Å². The van der Waals surface area contributed by atoms with E-state index in [1.807, 2.05) is 6.92 Å². The van der Waals surface area contributed by atoms with Gasteiger partial charge in [-0.1, -0.05) is 20.8 Å². The molecule has 0 bridgehead atoms. The van der Waals surface area contributed by atoms with Crippen molar-refractivity contribution in [3.05, 3.63) is 11.9 Å². The number of anilines is 2. The molecule has 0 fully saturated rings. The highest BCUT2D eigenvalue weighted by atomic mass is 19.4. The average molecular weight is 290 g/mol. The van der Waals surface area contributed by atoms with Gasteiger partial charge in [-0.15, -0.1) is 0 Å². The van der Waals surface area contributed by atoms with E-state index in [4.69, 9.17) is 0 Å². The van der Waals surface area contributed by atoms with Gasteiger partial charge in [0.2, 0.25) is 5.82 Å². The number of hydrogen-bond acceptors (Lipinski definition) is 4. The second kappa shape index (κ2) is 6.76. The predicted molar refractivity (Wildman–Crippen MR) is 73.7 cm³/mol. The van der Waals surface area contributed by atoms with Gasteiger partial charge in [0.1, 0.15) is 11.6 Å². The maximum Gasteiger partial charge on any atom is 0.451 e. The second-order valence-corrected chi connectivity index (χ2v) is 5.09. The van der Waals surface area contributed by atoms with Crippen molar-refractivity contribution in [2.75, 3.05) is 23.7 Å². The van der Waals surface area contributed by atoms with E-state index in [0.29, 0.717) is 24.9 Å². The second-order valence-electron chi connectivity index (χ2n) is 5.09. The summed E-state index contributed by atoms with van der Waals surface area (Å²) >= 11 is 0. The molecule has 114 valence electrons. The molecule has 1 aromatic rings. The summed E-state index contributed by atoms with van der Waals surface area (Å²) in [5, 5.41) is 5.73. The summed E-state index contributed by atoms with van der Waals surface area (Å²) in [6.45, 7) is 9.03. The lowest BCUT2D eigenvalue weighted by Gasteiger charge is -2.17. The molecule has 1 heterocycles. The quantitative estimate of drug-likeness (QED) is 0.840. The molecule has 0 aliphatic carbocycles. The number of nitrogens with zero attached hydrogens (tertiary/aromatic N) is 2. The molecule has 2 N–H and O–H groups in total. The number of hydrogen-bond donors (Lipinski definition) is 2. The van der Waals surface area contributed by atoms with Crippen LogP contribution in [0.5, 0.6) is 0 Å². The SMILES string of the molecule is CCNc1cc(NCC(C)C(C)C)nc(C(F)(F)F)n1. The van der Waals surface area contributed by atoms with E-state index in [2.05, 4.69) is 34.4 Å². The number of aromatic nitrogens is 2. The van der Waals surface area contributed by atoms with Gasteiger partial charge in [-0.05, 0) is 18.8 Å². The third kappa shape index (κ3) is 4.86. The molecule has 1 unspecified atom stereocenters. The number of nitrogens with one attached hydrogen (secondary N) is 2. The molecule has 0 saturated carbocycles. The van der Waals surface area contributed by atoms with E-state index in [1.54, 1.807) is 6.92 Å². The summed E-state index contributed by atoms with van der Waals surface area (Å²) in [6, 6.07) is 1.49. The molecule has 0 aliphatic heterocycles. The Labute approximate surface area is 117 Å². The summed E-state index contributed by atoms with van der Waals surface area (Å²) in [6.07, 6.45) is -4.55. The van der Waals surface area contributed by atoms with Crippen LogP contribution in [-0.2, 0) is 6.18 Å². The molecule has 0 saturated heterocycles. The van der Waals surface area contributed by atoms with Gasteiger partial charge in [0.15, 0.2) is 0 Å². The van der Waals surface area contributed by atoms with Crippen LogP contribution in [-0.4, -0.2) is 23.1 Å². The Morgan fingerprint density at radius 3 is 2.10 bits per heavy atom. The lowest BCUT2D eigenvalue weighted by Crippen LogP contribution is -2.19. The minimum absolute atomic E-state index is 0.175. The minimum Gasteiger partial charge on any atom is -0.370 e. The topological polar surface area (TPSA) is 49.8 Å². The Kier molecular flexibility index (Phi) is 5.59. The highest BCUT2D eigenvalue weighted by molar-refractivity contribution is 5.47. The summed E-state index contributed by atoms with van der Waals surface area (Å²) in [5.74, 6) is 0.0162. The molecule has 0 aromatic carbocycles. The Bertz CT molecular complexity index is 432. The van der Waals surface area contributed by atoms with E-state index in [1.165, 1.54) is 6.07 Å². The van der Waals surface area contributed by atoms with Crippen LogP contribution in [0.3, 0.4) is 0 Å². The summed E-state index contributed by atoms with van der Waals surface area (Å²) in [7, 11) is 0. The van der Waals surface area contributed by atoms with Crippen LogP contribution in [0.1, 0.15) is 33.5 Å². The molecule has 0 amide bonds. The molecule has 20 heavy (non-hydrogen) atoms. The molecule has 1 rings (SSSR count). The third-order valence-corrected chi connectivity index (χ3v) is 3.08. The van der Waals surface area contributed by atoms with Crippen LogP contribution in [0.25, 0.3) is 0 Å². The van der Waals surface area contributed by atoms with Crippen molar-refractivity contribution in [3.8, 4) is 0 Å². The highest BCUT2D eigenvalue weighted by Crippen LogP contribution is 2.28. The normalized spacial score (nSPS) is 13.4. The van der Waals surface area contributed by atoms with Crippen molar-refractivity contribution in [1.82, 2.24) is 9.97 Å². The van der Waals surface area contributed by atoms with E-state index < -0.39 is 12.0 Å². The zero-order valence-corrected chi connectivity index (χ0v) is 12.2. The fourth-order valence-electron chi connectivity index (χ4n) is 1.44. The van der Waals surface area contributed by atoms with Crippen LogP contribution in [0.15, 0.2) is 6.07 Å². The van der Waals surface area contributed by atoms with Gasteiger partial charge in [-0.2, -0.15) is 13.2 Å². The molecule has 4 nitrogen and oxygen atoms in total. The van der Waals surface area contributed by atoms with Gasteiger partial charge in [0.25, 0.3) is 0 Å². The predicted octanol–water partition coefficient (Wildman–Crippen LogP) is 3.63. The molecule has 1 aromatic heterocycles. The zero-order valence-electron chi connectivity index (χ0n) is 12.2. The van der Waals surface area contributed by atoms with Gasteiger partial charge in [-0.25, -0.2) is 9.97 Å². The van der Waals surface area contributed by atoms with Crippen molar-refractivity contribution in [3.63, 3.8) is 0 Å². The largest absolute Gasteiger partial charge is 0.451 e. The monoisotopic (exact) mass is 290 g/mol. The van der Waals surface area contributed by atoms with Gasteiger partial charge < -0.3 is 10.6 Å². The van der Waals surface area contributed by atoms with Crippen LogP contribution in [0, 0.1) is 11.8 Å². The van der Waals surface area contributed by atoms with Crippen molar-refractivity contribution in [2.45, 2.75) is 33.9 Å². The van der Waals surface area contributed by atoms with E-state index in [-0.39, 0.29) is 11.6 Å². The highest BCUT2D eigenvalue weighted by Gasteiger charge is 2.35. The number of alkyl halides is 3. The van der Waals surface area contributed by atoms with Crippen molar-refractivity contribution in [2.24, 2.45) is 11.8 Å². The first-order valence-electron chi connectivity index (χ1n) is 6.68. The smallest absolute Gasteiger partial charge is 0.370 e. The Morgan fingerprint density at radius 1 is 1.10 bits per heavy atom.